The van der Waals surface area contributed by atoms with Crippen LogP contribution in [0.5, 0.6) is 5.75 Å². The maximum atomic E-state index is 12.3. The molecule has 2 saturated heterocycles. The monoisotopic (exact) mass is 368 g/mol. The zero-order chi connectivity index (χ0) is 18.4. The molecule has 6 heteroatoms. The summed E-state index contributed by atoms with van der Waals surface area (Å²) < 4.78 is 19.0. The average molecular weight is 368 g/mol. The van der Waals surface area contributed by atoms with Gasteiger partial charge in [0.15, 0.2) is 0 Å². The predicted molar refractivity (Wildman–Crippen MR) is 97.1 cm³/mol. The summed E-state index contributed by atoms with van der Waals surface area (Å²) in [6.45, 7) is 2.89. The molecule has 1 spiro atoms. The van der Waals surface area contributed by atoms with Crippen LogP contribution < -0.4 is 4.74 Å². The number of imidazole rings is 1. The van der Waals surface area contributed by atoms with E-state index in [0.29, 0.717) is 16.7 Å². The first-order chi connectivity index (χ1) is 12.9. The molecular formula is C21H24N2O4. The molecule has 0 amide bonds. The number of carbonyl (C=O) groups excluding carboxylic acids is 1. The number of aromatic nitrogens is 2. The molecule has 3 saturated carbocycles. The Bertz CT molecular complexity index is 960. The predicted octanol–water partition coefficient (Wildman–Crippen LogP) is 3.26. The molecule has 142 valence electrons. The first-order valence-electron chi connectivity index (χ1n) is 9.84. The van der Waals surface area contributed by atoms with Gasteiger partial charge in [0.05, 0.1) is 31.1 Å². The van der Waals surface area contributed by atoms with Crippen molar-refractivity contribution in [2.24, 2.45) is 5.41 Å². The Morgan fingerprint density at radius 2 is 2.07 bits per heavy atom. The standard InChI is InChI=1S/C21H24N2O4/c1-19-10-21(11-19,12-26-19)16-9-23-8-14(18(24)25-2)15(5-17(23)22-16)27-13-6-20(7-13)3-4-20/h5,8-9,13H,3-4,6-7,10-12H2,1-2H3. The van der Waals surface area contributed by atoms with Crippen LogP contribution in [0.15, 0.2) is 18.5 Å². The second kappa shape index (κ2) is 4.85. The molecule has 2 aromatic heterocycles. The quantitative estimate of drug-likeness (QED) is 0.775. The molecule has 2 bridgehead atoms. The first kappa shape index (κ1) is 15.9. The van der Waals surface area contributed by atoms with Gasteiger partial charge in [0.2, 0.25) is 0 Å². The number of ether oxygens (including phenoxy) is 3. The van der Waals surface area contributed by atoms with E-state index >= 15 is 0 Å². The van der Waals surface area contributed by atoms with E-state index < -0.39 is 0 Å². The molecule has 5 aliphatic rings. The second-order valence-electron chi connectivity index (χ2n) is 9.46. The summed E-state index contributed by atoms with van der Waals surface area (Å²) in [6.07, 6.45) is 10.9. The summed E-state index contributed by atoms with van der Waals surface area (Å²) in [5.41, 5.74) is 2.92. The molecular weight excluding hydrogens is 344 g/mol. The Morgan fingerprint density at radius 3 is 2.70 bits per heavy atom. The lowest BCUT2D eigenvalue weighted by molar-refractivity contribution is 0.0154. The van der Waals surface area contributed by atoms with Crippen LogP contribution in [0.1, 0.15) is 61.5 Å². The molecule has 0 N–H and O–H groups in total. The third kappa shape index (κ3) is 2.22. The molecule has 6 nitrogen and oxygen atoms in total. The van der Waals surface area contributed by atoms with E-state index in [9.17, 15) is 4.79 Å². The molecule has 0 atom stereocenters. The van der Waals surface area contributed by atoms with Crippen LogP contribution in [-0.4, -0.2) is 40.8 Å². The summed E-state index contributed by atoms with van der Waals surface area (Å²) >= 11 is 0. The smallest absolute Gasteiger partial charge is 0.343 e. The number of carbonyl (C=O) groups is 1. The van der Waals surface area contributed by atoms with Gasteiger partial charge in [0, 0.05) is 23.9 Å². The summed E-state index contributed by atoms with van der Waals surface area (Å²) in [6, 6.07) is 1.89. The van der Waals surface area contributed by atoms with Crippen LogP contribution in [0.3, 0.4) is 0 Å². The summed E-state index contributed by atoms with van der Waals surface area (Å²) in [5.74, 6) is 0.215. The van der Waals surface area contributed by atoms with E-state index in [0.717, 1.165) is 43.6 Å². The summed E-state index contributed by atoms with van der Waals surface area (Å²) in [5, 5.41) is 0. The van der Waals surface area contributed by atoms with Crippen molar-refractivity contribution in [2.45, 2.75) is 62.6 Å². The molecule has 5 fully saturated rings. The van der Waals surface area contributed by atoms with Gasteiger partial charge in [-0.1, -0.05) is 0 Å². The minimum atomic E-state index is -0.374. The highest BCUT2D eigenvalue weighted by Gasteiger charge is 2.61. The average Bonchev–Trinajstić information content (AvgIpc) is 2.99. The van der Waals surface area contributed by atoms with Gasteiger partial charge in [0.1, 0.15) is 17.0 Å². The fraction of sp³-hybridized carbons (Fsp3) is 0.619. The van der Waals surface area contributed by atoms with Crippen molar-refractivity contribution in [1.29, 1.82) is 0 Å². The number of hydrogen-bond acceptors (Lipinski definition) is 5. The third-order valence-electron chi connectivity index (χ3n) is 7.20. The molecule has 3 aliphatic carbocycles. The van der Waals surface area contributed by atoms with E-state index in [4.69, 9.17) is 19.2 Å². The van der Waals surface area contributed by atoms with Crippen molar-refractivity contribution < 1.29 is 19.0 Å². The lowest BCUT2D eigenvalue weighted by Crippen LogP contribution is -2.45. The summed E-state index contributed by atoms with van der Waals surface area (Å²) in [4.78, 5) is 17.2. The number of esters is 1. The van der Waals surface area contributed by atoms with Crippen molar-refractivity contribution in [1.82, 2.24) is 9.38 Å². The van der Waals surface area contributed by atoms with Crippen molar-refractivity contribution >= 4 is 11.6 Å². The SMILES string of the molecule is COC(=O)c1cn2cc(C34COC(C)(C3)C4)nc2cc1OC1CC2(CC2)C1. The lowest BCUT2D eigenvalue weighted by atomic mass is 9.62. The van der Waals surface area contributed by atoms with Gasteiger partial charge in [-0.15, -0.1) is 0 Å². The highest BCUT2D eigenvalue weighted by Crippen LogP contribution is 2.61. The van der Waals surface area contributed by atoms with Crippen LogP contribution in [-0.2, 0) is 14.9 Å². The molecule has 4 heterocycles. The summed E-state index contributed by atoms with van der Waals surface area (Å²) in [7, 11) is 1.40. The van der Waals surface area contributed by atoms with Crippen LogP contribution in [0.2, 0.25) is 0 Å². The van der Waals surface area contributed by atoms with Gasteiger partial charge in [-0.3, -0.25) is 0 Å². The van der Waals surface area contributed by atoms with Gasteiger partial charge < -0.3 is 18.6 Å². The van der Waals surface area contributed by atoms with Crippen molar-refractivity contribution in [3.63, 3.8) is 0 Å². The number of methoxy groups -OCH3 is 1. The topological polar surface area (TPSA) is 62.1 Å². The van der Waals surface area contributed by atoms with Crippen LogP contribution in [0.4, 0.5) is 0 Å². The Balaban J connectivity index is 1.36. The number of pyridine rings is 1. The number of rotatable bonds is 4. The van der Waals surface area contributed by atoms with E-state index in [1.807, 2.05) is 16.7 Å². The number of nitrogens with zero attached hydrogens (tertiary/aromatic N) is 2. The van der Waals surface area contributed by atoms with Crippen molar-refractivity contribution in [2.75, 3.05) is 13.7 Å². The molecule has 2 aliphatic heterocycles. The zero-order valence-electron chi connectivity index (χ0n) is 15.8. The third-order valence-corrected chi connectivity index (χ3v) is 7.20. The molecule has 27 heavy (non-hydrogen) atoms. The molecule has 7 rings (SSSR count). The second-order valence-corrected chi connectivity index (χ2v) is 9.46. The highest BCUT2D eigenvalue weighted by molar-refractivity contribution is 5.92. The van der Waals surface area contributed by atoms with Gasteiger partial charge in [0.25, 0.3) is 0 Å². The normalized spacial score (nSPS) is 33.0. The fourth-order valence-electron chi connectivity index (χ4n) is 5.54. The van der Waals surface area contributed by atoms with Crippen LogP contribution >= 0.6 is 0 Å². The van der Waals surface area contributed by atoms with Crippen LogP contribution in [0.25, 0.3) is 5.65 Å². The Kier molecular flexibility index (Phi) is 2.86. The molecule has 0 unspecified atom stereocenters. The number of hydrogen-bond donors (Lipinski definition) is 0. The maximum absolute atomic E-state index is 12.3. The zero-order valence-corrected chi connectivity index (χ0v) is 15.8. The van der Waals surface area contributed by atoms with E-state index in [2.05, 4.69) is 6.92 Å². The Labute approximate surface area is 157 Å². The van der Waals surface area contributed by atoms with E-state index in [-0.39, 0.29) is 23.1 Å². The van der Waals surface area contributed by atoms with Crippen molar-refractivity contribution in [3.8, 4) is 5.75 Å². The van der Waals surface area contributed by atoms with E-state index in [1.54, 1.807) is 6.20 Å². The number of fused-ring (bicyclic) bond motifs is 2. The largest absolute Gasteiger partial charge is 0.489 e. The van der Waals surface area contributed by atoms with Gasteiger partial charge in [-0.2, -0.15) is 0 Å². The van der Waals surface area contributed by atoms with Gasteiger partial charge in [-0.25, -0.2) is 9.78 Å². The Morgan fingerprint density at radius 1 is 1.30 bits per heavy atom. The van der Waals surface area contributed by atoms with Crippen molar-refractivity contribution in [3.05, 3.63) is 29.7 Å². The minimum Gasteiger partial charge on any atom is -0.489 e. The molecule has 0 radical (unpaired) electrons. The first-order valence-corrected chi connectivity index (χ1v) is 9.84. The van der Waals surface area contributed by atoms with Gasteiger partial charge >= 0.3 is 5.97 Å². The molecule has 0 aromatic carbocycles. The maximum Gasteiger partial charge on any atom is 0.343 e. The lowest BCUT2D eigenvalue weighted by Gasteiger charge is -2.41. The van der Waals surface area contributed by atoms with Crippen LogP contribution in [0, 0.1) is 5.41 Å². The highest BCUT2D eigenvalue weighted by atomic mass is 16.5. The van der Waals surface area contributed by atoms with E-state index in [1.165, 1.54) is 20.0 Å². The fourth-order valence-corrected chi connectivity index (χ4v) is 5.54. The Hall–Kier alpha value is -2.08. The minimum absolute atomic E-state index is 0.0181. The molecule has 2 aromatic rings. The van der Waals surface area contributed by atoms with Gasteiger partial charge in [-0.05, 0) is 50.9 Å².